The summed E-state index contributed by atoms with van der Waals surface area (Å²) in [6.07, 6.45) is 0. The van der Waals surface area contributed by atoms with Crippen molar-refractivity contribution in [2.75, 3.05) is 56.3 Å². The third-order valence-corrected chi connectivity index (χ3v) is 18.6. The lowest BCUT2D eigenvalue weighted by Gasteiger charge is -2.27. The number of piperazine rings is 1. The number of sulfonamides is 1. The molecule has 0 amide bonds. The van der Waals surface area contributed by atoms with Gasteiger partial charge < -0.3 is 20.6 Å². The molecule has 0 unspecified atom stereocenters. The highest BCUT2D eigenvalue weighted by Gasteiger charge is 2.32. The number of sulfone groups is 1. The summed E-state index contributed by atoms with van der Waals surface area (Å²) < 4.78 is 167. The molecule has 1 saturated heterocycles. The number of anilines is 1. The minimum absolute atomic E-state index is 0.00374. The summed E-state index contributed by atoms with van der Waals surface area (Å²) in [5.74, 6) is -1.67. The highest BCUT2D eigenvalue weighted by atomic mass is 32.2. The van der Waals surface area contributed by atoms with Gasteiger partial charge in [-0.3, -0.25) is 23.3 Å². The van der Waals surface area contributed by atoms with E-state index >= 15 is 0 Å². The van der Waals surface area contributed by atoms with E-state index in [9.17, 15) is 55.7 Å². The summed E-state index contributed by atoms with van der Waals surface area (Å²) in [4.78, 5) is 33.4. The smallest absolute Gasteiger partial charge is 0.295 e. The predicted octanol–water partition coefficient (Wildman–Crippen LogP) is 3.68. The number of H-pyrrole nitrogens is 2. The second kappa shape index (κ2) is 18.8. The first kappa shape index (κ1) is 50.9. The molecule has 11 rings (SSSR count). The Morgan fingerprint density at radius 2 is 0.974 bits per heavy atom. The van der Waals surface area contributed by atoms with Crippen LogP contribution in [-0.4, -0.2) is 152 Å². The molecule has 8 N–H and O–H groups in total. The maximum Gasteiger partial charge on any atom is 0.295 e. The van der Waals surface area contributed by atoms with Crippen molar-refractivity contribution in [3.05, 3.63) is 97.1 Å². The van der Waals surface area contributed by atoms with Gasteiger partial charge in [-0.05, 0) is 48.5 Å². The highest BCUT2D eigenvalue weighted by molar-refractivity contribution is 7.93. The third kappa shape index (κ3) is 9.46. The Bertz CT molecular complexity index is 4530. The Balaban J connectivity index is 1.11. The second-order valence-electron chi connectivity index (χ2n) is 17.5. The molecule has 0 spiro atoms. The molecule has 0 saturated carbocycles. The summed E-state index contributed by atoms with van der Waals surface area (Å²) >= 11 is 0. The monoisotopic (exact) mass is 1130 g/mol. The van der Waals surface area contributed by atoms with Gasteiger partial charge in [-0.15, -0.1) is 0 Å². The van der Waals surface area contributed by atoms with Crippen LogP contribution in [-0.2, 0) is 50.2 Å². The number of rotatable bonds is 13. The minimum atomic E-state index is -5.04. The van der Waals surface area contributed by atoms with E-state index in [1.54, 1.807) is 0 Å². The summed E-state index contributed by atoms with van der Waals surface area (Å²) in [6.45, 7) is 5.16. The fourth-order valence-corrected chi connectivity index (χ4v) is 13.9. The first-order valence-electron chi connectivity index (χ1n) is 22.8. The van der Waals surface area contributed by atoms with Crippen molar-refractivity contribution in [1.29, 1.82) is 0 Å². The van der Waals surface area contributed by atoms with Gasteiger partial charge in [0.25, 0.3) is 40.4 Å². The lowest BCUT2D eigenvalue weighted by Crippen LogP contribution is -2.46. The van der Waals surface area contributed by atoms with Crippen LogP contribution in [0.2, 0.25) is 0 Å². The zero-order chi connectivity index (χ0) is 53.5. The van der Waals surface area contributed by atoms with Crippen molar-refractivity contribution in [2.24, 2.45) is 0 Å². The van der Waals surface area contributed by atoms with E-state index < -0.39 is 81.4 Å². The van der Waals surface area contributed by atoms with Crippen molar-refractivity contribution in [3.63, 3.8) is 0 Å². The summed E-state index contributed by atoms with van der Waals surface area (Å²) in [7, 11) is -23.5. The molecule has 5 aromatic carbocycles. The Morgan fingerprint density at radius 1 is 0.500 bits per heavy atom. The van der Waals surface area contributed by atoms with Gasteiger partial charge in [0.2, 0.25) is 0 Å². The molecule has 30 heteroatoms. The molecular formula is C46H40N12O13S5. The molecule has 3 aliphatic rings. The van der Waals surface area contributed by atoms with E-state index in [1.165, 1.54) is 78.9 Å². The van der Waals surface area contributed by atoms with Crippen molar-refractivity contribution < 1.29 is 55.7 Å². The summed E-state index contributed by atoms with van der Waals surface area (Å²) in [5, 5.41) is 6.13. The van der Waals surface area contributed by atoms with E-state index in [0.29, 0.717) is 6.54 Å². The zero-order valence-corrected chi connectivity index (χ0v) is 43.1. The largest absolute Gasteiger partial charge is 0.324 e. The van der Waals surface area contributed by atoms with Crippen LogP contribution in [0.25, 0.3) is 89.7 Å². The fraction of sp³-hybridized carbons (Fsp3) is 0.174. The number of aromatic amines is 2. The van der Waals surface area contributed by atoms with E-state index in [1.807, 2.05) is 0 Å². The molecule has 3 aromatic heterocycles. The van der Waals surface area contributed by atoms with Crippen LogP contribution in [0, 0.1) is 0 Å². The first-order valence-corrected chi connectivity index (χ1v) is 30.3. The Kier molecular flexibility index (Phi) is 12.6. The van der Waals surface area contributed by atoms with Crippen LogP contribution in [0.1, 0.15) is 0 Å². The maximum absolute atomic E-state index is 14.6. The minimum Gasteiger partial charge on any atom is -0.324 e. The molecule has 0 aliphatic carbocycles. The standard InChI is InChI=1S/C46H40N12O13S5/c59-72(60,24-20-48-19-23-58-21-17-47-18-22-58)26-15-13-25(14-16-26)57-73(61,62)31-9-1-5-27-35(31)43-49-39(27)51-44-37-29(7-3-11-33(37)75(66,67)68)41(53-44)55-46-38-30(8-4-12-34(38)76(69,70)71)42(56-46)54-45-36-28(40(50-43)52-45)6-2-10-32(36)74(63,64)65/h1-16,47-48,57H,17-24H2,(H,63,64,65)(H,66,67,68)(H,69,70,71)(H2,49,50,51,52,53,54,55,56). The Labute approximate surface area is 432 Å². The lowest BCUT2D eigenvalue weighted by atomic mass is 10.1. The van der Waals surface area contributed by atoms with Gasteiger partial charge in [0, 0.05) is 84.2 Å². The third-order valence-electron chi connectivity index (χ3n) is 12.7. The molecule has 25 nitrogen and oxygen atoms in total. The summed E-state index contributed by atoms with van der Waals surface area (Å²) in [5.41, 5.74) is -1.61. The molecular weight excluding hydrogens is 1090 g/mol. The normalized spacial score (nSPS) is 14.5. The molecule has 1 fully saturated rings. The van der Waals surface area contributed by atoms with Crippen molar-refractivity contribution >= 4 is 100 Å². The van der Waals surface area contributed by atoms with Crippen molar-refractivity contribution in [2.45, 2.75) is 24.5 Å². The maximum atomic E-state index is 14.6. The first-order chi connectivity index (χ1) is 36.0. The number of aromatic nitrogens is 8. The molecule has 0 radical (unpaired) electrons. The molecule has 76 heavy (non-hydrogen) atoms. The summed E-state index contributed by atoms with van der Waals surface area (Å²) in [6, 6.07) is 20.5. The molecule has 0 atom stereocenters. The van der Waals surface area contributed by atoms with Gasteiger partial charge in [0.05, 0.1) is 26.7 Å². The Hall–Kier alpha value is -7.23. The highest BCUT2D eigenvalue weighted by Crippen LogP contribution is 2.43. The van der Waals surface area contributed by atoms with Gasteiger partial charge in [-0.2, -0.15) is 25.3 Å². The average molecular weight is 1130 g/mol. The number of benzene rings is 5. The molecule has 6 heterocycles. The van der Waals surface area contributed by atoms with E-state index in [4.69, 9.17) is 4.98 Å². The number of fused-ring (bicyclic) bond motifs is 20. The van der Waals surface area contributed by atoms with Crippen molar-refractivity contribution in [3.8, 4) is 45.6 Å². The fourth-order valence-electron chi connectivity index (χ4n) is 9.29. The van der Waals surface area contributed by atoms with Gasteiger partial charge in [-0.1, -0.05) is 48.5 Å². The zero-order valence-electron chi connectivity index (χ0n) is 39.0. The van der Waals surface area contributed by atoms with Crippen LogP contribution in [0.3, 0.4) is 0 Å². The number of nitrogens with zero attached hydrogens (tertiary/aromatic N) is 7. The second-order valence-corrected chi connectivity index (χ2v) is 25.5. The topological polar surface area (TPSA) is 380 Å². The van der Waals surface area contributed by atoms with Gasteiger partial charge >= 0.3 is 0 Å². The van der Waals surface area contributed by atoms with E-state index in [2.05, 4.69) is 55.1 Å². The number of hydrogen-bond donors (Lipinski definition) is 8. The van der Waals surface area contributed by atoms with Crippen LogP contribution in [0.5, 0.6) is 0 Å². The SMILES string of the molecule is O=S(=O)(O)c1cccc2c1-c1nc3nc(nc4[nH]c(nc5[nH]c(nc-2n1)c1c(S(=O)(=O)O)cccc51)c1c(S(=O)(=O)Nc2ccc(S(=O)(=O)CCNCCN5CCNCC5)cc2)cccc41)-c1c-3cccc1S(=O)(=O)O. The van der Waals surface area contributed by atoms with E-state index in [0.717, 1.165) is 50.9 Å². The number of hydrogen-bond acceptors (Lipinski definition) is 19. The average Bonchev–Trinajstić information content (AvgIpc) is 4.23. The van der Waals surface area contributed by atoms with E-state index in [-0.39, 0.29) is 101 Å². The number of nitrogens with one attached hydrogen (secondary N) is 5. The predicted molar refractivity (Wildman–Crippen MR) is 277 cm³/mol. The lowest BCUT2D eigenvalue weighted by molar-refractivity contribution is 0.242. The van der Waals surface area contributed by atoms with Crippen LogP contribution in [0.15, 0.2) is 122 Å². The van der Waals surface area contributed by atoms with Crippen LogP contribution >= 0.6 is 0 Å². The van der Waals surface area contributed by atoms with Gasteiger partial charge in [0.15, 0.2) is 33.1 Å². The van der Waals surface area contributed by atoms with Gasteiger partial charge in [0.1, 0.15) is 37.3 Å². The molecule has 3 aliphatic heterocycles. The van der Waals surface area contributed by atoms with Gasteiger partial charge in [-0.25, -0.2) is 46.7 Å². The molecule has 392 valence electrons. The molecule has 8 aromatic rings. The quantitative estimate of drug-likeness (QED) is 0.0603. The Morgan fingerprint density at radius 3 is 1.55 bits per heavy atom. The van der Waals surface area contributed by atoms with Crippen LogP contribution < -0.4 is 15.4 Å². The van der Waals surface area contributed by atoms with Crippen molar-refractivity contribution in [1.82, 2.24) is 55.4 Å². The molecule has 8 bridgehead atoms. The van der Waals surface area contributed by atoms with Crippen LogP contribution in [0.4, 0.5) is 5.69 Å².